The Morgan fingerprint density at radius 1 is 1.24 bits per heavy atom. The molecule has 0 spiro atoms. The van der Waals surface area contributed by atoms with E-state index in [0.29, 0.717) is 6.04 Å². The predicted octanol–water partition coefficient (Wildman–Crippen LogP) is 4.38. The zero-order valence-corrected chi connectivity index (χ0v) is 12.4. The second kappa shape index (κ2) is 5.80. The van der Waals surface area contributed by atoms with Crippen LogP contribution < -0.4 is 5.32 Å². The first-order chi connectivity index (χ1) is 8.26. The van der Waals surface area contributed by atoms with Crippen molar-refractivity contribution < 1.29 is 0 Å². The van der Waals surface area contributed by atoms with Crippen molar-refractivity contribution in [2.45, 2.75) is 19.4 Å². The average molecular weight is 310 g/mol. The van der Waals surface area contributed by atoms with Gasteiger partial charge >= 0.3 is 0 Å². The van der Waals surface area contributed by atoms with Crippen LogP contribution in [0.2, 0.25) is 0 Å². The molecule has 1 N–H and O–H groups in total. The molecule has 17 heavy (non-hydrogen) atoms. The Morgan fingerprint density at radius 2 is 2.00 bits per heavy atom. The van der Waals surface area contributed by atoms with E-state index in [0.717, 1.165) is 6.42 Å². The molecule has 0 aliphatic heterocycles. The van der Waals surface area contributed by atoms with Gasteiger partial charge in [-0.1, -0.05) is 31.2 Å². The SMILES string of the molecule is CCc1ccccc1C(NC)c1ccc(Br)s1. The first-order valence-electron chi connectivity index (χ1n) is 5.76. The summed E-state index contributed by atoms with van der Waals surface area (Å²) in [7, 11) is 2.02. The van der Waals surface area contributed by atoms with Gasteiger partial charge in [-0.2, -0.15) is 0 Å². The Labute approximate surface area is 115 Å². The summed E-state index contributed by atoms with van der Waals surface area (Å²) in [5.41, 5.74) is 2.79. The Bertz CT molecular complexity index is 492. The van der Waals surface area contributed by atoms with Crippen molar-refractivity contribution in [3.63, 3.8) is 0 Å². The van der Waals surface area contributed by atoms with Crippen LogP contribution in [0.3, 0.4) is 0 Å². The zero-order valence-electron chi connectivity index (χ0n) is 10.0. The van der Waals surface area contributed by atoms with E-state index >= 15 is 0 Å². The number of rotatable bonds is 4. The van der Waals surface area contributed by atoms with Crippen molar-refractivity contribution in [3.8, 4) is 0 Å². The highest BCUT2D eigenvalue weighted by Crippen LogP contribution is 2.32. The molecule has 1 nitrogen and oxygen atoms in total. The molecular formula is C14H16BrNS. The van der Waals surface area contributed by atoms with Gasteiger partial charge in [-0.05, 0) is 52.7 Å². The molecule has 1 aromatic carbocycles. The van der Waals surface area contributed by atoms with Crippen LogP contribution in [0.15, 0.2) is 40.2 Å². The van der Waals surface area contributed by atoms with E-state index in [4.69, 9.17) is 0 Å². The maximum absolute atomic E-state index is 3.53. The second-order valence-electron chi connectivity index (χ2n) is 3.92. The van der Waals surface area contributed by atoms with Crippen LogP contribution in [0.5, 0.6) is 0 Å². The standard InChI is InChI=1S/C14H16BrNS/c1-3-10-6-4-5-7-11(10)14(16-2)12-8-9-13(15)17-12/h4-9,14,16H,3H2,1-2H3. The van der Waals surface area contributed by atoms with Crippen molar-refractivity contribution >= 4 is 27.3 Å². The van der Waals surface area contributed by atoms with Gasteiger partial charge in [0, 0.05) is 4.88 Å². The fourth-order valence-corrected chi connectivity index (χ4v) is 3.63. The van der Waals surface area contributed by atoms with Crippen LogP contribution in [0.1, 0.15) is 29.0 Å². The summed E-state index contributed by atoms with van der Waals surface area (Å²) in [5, 5.41) is 3.41. The Hall–Kier alpha value is -0.640. The van der Waals surface area contributed by atoms with Gasteiger partial charge in [0.1, 0.15) is 0 Å². The van der Waals surface area contributed by atoms with Gasteiger partial charge in [-0.3, -0.25) is 0 Å². The molecule has 1 unspecified atom stereocenters. The highest BCUT2D eigenvalue weighted by molar-refractivity contribution is 9.11. The van der Waals surface area contributed by atoms with Crippen LogP contribution >= 0.6 is 27.3 Å². The monoisotopic (exact) mass is 309 g/mol. The molecular weight excluding hydrogens is 294 g/mol. The summed E-state index contributed by atoms with van der Waals surface area (Å²) in [6.07, 6.45) is 1.07. The molecule has 0 aliphatic rings. The summed E-state index contributed by atoms with van der Waals surface area (Å²) < 4.78 is 1.18. The van der Waals surface area contributed by atoms with Crippen LogP contribution in [0, 0.1) is 0 Å². The highest BCUT2D eigenvalue weighted by Gasteiger charge is 2.16. The van der Waals surface area contributed by atoms with E-state index in [1.165, 1.54) is 19.8 Å². The van der Waals surface area contributed by atoms with Crippen molar-refractivity contribution in [1.29, 1.82) is 0 Å². The van der Waals surface area contributed by atoms with Crippen LogP contribution in [-0.4, -0.2) is 7.05 Å². The van der Waals surface area contributed by atoms with Gasteiger partial charge in [0.05, 0.1) is 9.83 Å². The normalized spacial score (nSPS) is 12.6. The molecule has 0 bridgehead atoms. The molecule has 2 rings (SSSR count). The maximum Gasteiger partial charge on any atom is 0.0702 e. The lowest BCUT2D eigenvalue weighted by molar-refractivity contribution is 0.696. The molecule has 0 saturated carbocycles. The zero-order chi connectivity index (χ0) is 12.3. The summed E-state index contributed by atoms with van der Waals surface area (Å²) >= 11 is 5.32. The molecule has 0 radical (unpaired) electrons. The molecule has 0 aliphatic carbocycles. The molecule has 1 heterocycles. The third-order valence-electron chi connectivity index (χ3n) is 2.91. The molecule has 1 aromatic heterocycles. The van der Waals surface area contributed by atoms with E-state index in [2.05, 4.69) is 64.6 Å². The molecule has 1 atom stereocenters. The summed E-state index contributed by atoms with van der Waals surface area (Å²) in [4.78, 5) is 1.35. The summed E-state index contributed by atoms with van der Waals surface area (Å²) in [5.74, 6) is 0. The molecule has 0 fully saturated rings. The van der Waals surface area contributed by atoms with Crippen molar-refractivity contribution in [3.05, 3.63) is 56.2 Å². The number of halogens is 1. The second-order valence-corrected chi connectivity index (χ2v) is 6.41. The number of aryl methyl sites for hydroxylation is 1. The number of hydrogen-bond acceptors (Lipinski definition) is 2. The van der Waals surface area contributed by atoms with Crippen molar-refractivity contribution in [2.75, 3.05) is 7.05 Å². The molecule has 0 amide bonds. The largest absolute Gasteiger partial charge is 0.309 e. The minimum Gasteiger partial charge on any atom is -0.309 e. The lowest BCUT2D eigenvalue weighted by Crippen LogP contribution is -2.17. The number of nitrogens with one attached hydrogen (secondary N) is 1. The molecule has 2 aromatic rings. The lowest BCUT2D eigenvalue weighted by atomic mass is 9.98. The van der Waals surface area contributed by atoms with Gasteiger partial charge < -0.3 is 5.32 Å². The smallest absolute Gasteiger partial charge is 0.0702 e. The molecule has 3 heteroatoms. The maximum atomic E-state index is 3.53. The van der Waals surface area contributed by atoms with Crippen LogP contribution in [-0.2, 0) is 6.42 Å². The summed E-state index contributed by atoms with van der Waals surface area (Å²) in [6, 6.07) is 13.2. The van der Waals surface area contributed by atoms with E-state index in [1.54, 1.807) is 11.3 Å². The minimum absolute atomic E-state index is 0.294. The third kappa shape index (κ3) is 2.79. The van der Waals surface area contributed by atoms with Crippen LogP contribution in [0.4, 0.5) is 0 Å². The van der Waals surface area contributed by atoms with Gasteiger partial charge in [-0.25, -0.2) is 0 Å². The van der Waals surface area contributed by atoms with E-state index < -0.39 is 0 Å². The Balaban J connectivity index is 2.41. The van der Waals surface area contributed by atoms with Crippen molar-refractivity contribution in [2.24, 2.45) is 0 Å². The summed E-state index contributed by atoms with van der Waals surface area (Å²) in [6.45, 7) is 2.20. The highest BCUT2D eigenvalue weighted by atomic mass is 79.9. The Morgan fingerprint density at radius 3 is 2.59 bits per heavy atom. The fourth-order valence-electron chi connectivity index (χ4n) is 2.07. The number of thiophene rings is 1. The minimum atomic E-state index is 0.294. The quantitative estimate of drug-likeness (QED) is 0.883. The van der Waals surface area contributed by atoms with Gasteiger partial charge in [0.15, 0.2) is 0 Å². The van der Waals surface area contributed by atoms with Gasteiger partial charge in [-0.15, -0.1) is 11.3 Å². The first-order valence-corrected chi connectivity index (χ1v) is 7.37. The van der Waals surface area contributed by atoms with E-state index in [-0.39, 0.29) is 0 Å². The fraction of sp³-hybridized carbons (Fsp3) is 0.286. The number of benzene rings is 1. The average Bonchev–Trinajstić information content (AvgIpc) is 2.77. The van der Waals surface area contributed by atoms with Gasteiger partial charge in [0.2, 0.25) is 0 Å². The van der Waals surface area contributed by atoms with Gasteiger partial charge in [0.25, 0.3) is 0 Å². The lowest BCUT2D eigenvalue weighted by Gasteiger charge is -2.18. The van der Waals surface area contributed by atoms with E-state index in [9.17, 15) is 0 Å². The number of hydrogen-bond donors (Lipinski definition) is 1. The Kier molecular flexibility index (Phi) is 4.37. The predicted molar refractivity (Wildman–Crippen MR) is 78.7 cm³/mol. The van der Waals surface area contributed by atoms with E-state index in [1.807, 2.05) is 7.05 Å². The van der Waals surface area contributed by atoms with Crippen LogP contribution in [0.25, 0.3) is 0 Å². The topological polar surface area (TPSA) is 12.0 Å². The molecule has 0 saturated heterocycles. The molecule has 90 valence electrons. The van der Waals surface area contributed by atoms with Crippen molar-refractivity contribution in [1.82, 2.24) is 5.32 Å². The third-order valence-corrected chi connectivity index (χ3v) is 4.60. The first kappa shape index (κ1) is 12.8.